The van der Waals surface area contributed by atoms with Crippen LogP contribution in [0.25, 0.3) is 77.9 Å². The lowest BCUT2D eigenvalue weighted by atomic mass is 9.83. The summed E-state index contributed by atoms with van der Waals surface area (Å²) in [7, 11) is -0.207. The highest BCUT2D eigenvalue weighted by molar-refractivity contribution is 7.65. The van der Waals surface area contributed by atoms with Gasteiger partial charge in [-0.1, -0.05) is 163 Å². The van der Waals surface area contributed by atoms with E-state index in [1.807, 2.05) is 0 Å². The van der Waals surface area contributed by atoms with Crippen LogP contribution in [0.15, 0.2) is 127 Å². The molecule has 8 rings (SSSR count). The quantitative estimate of drug-likeness (QED) is 0.143. The minimum Gasteiger partial charge on any atom is -0.0757 e. The Hall–Kier alpha value is -4.51. The molecule has 0 heterocycles. The van der Waals surface area contributed by atoms with Crippen LogP contribution in [0.1, 0.15) is 40.5 Å². The summed E-state index contributed by atoms with van der Waals surface area (Å²) >= 11 is 0. The molecule has 0 saturated heterocycles. The molecule has 0 radical (unpaired) electrons. The average molecular weight is 653 g/mol. The second-order valence-corrected chi connectivity index (χ2v) is 16.9. The highest BCUT2D eigenvalue weighted by atomic mass is 31.1. The van der Waals surface area contributed by atoms with Gasteiger partial charge in [-0.3, -0.25) is 0 Å². The summed E-state index contributed by atoms with van der Waals surface area (Å²) in [5, 5.41) is 12.1. The van der Waals surface area contributed by atoms with Crippen molar-refractivity contribution in [1.29, 1.82) is 0 Å². The lowest BCUT2D eigenvalue weighted by molar-refractivity contribution is 0.721. The van der Waals surface area contributed by atoms with E-state index >= 15 is 0 Å². The summed E-state index contributed by atoms with van der Waals surface area (Å²) in [6.45, 7) is 9.50. The molecular weight excluding hydrogens is 608 g/mol. The minimum absolute atomic E-state index is 0.207. The Morgan fingerprint density at radius 1 is 0.469 bits per heavy atom. The van der Waals surface area contributed by atoms with E-state index < -0.39 is 0 Å². The monoisotopic (exact) mass is 652 g/mol. The Bertz CT molecular complexity index is 2440. The van der Waals surface area contributed by atoms with Crippen LogP contribution in [0.5, 0.6) is 0 Å². The first-order valence-electron chi connectivity index (χ1n) is 18.1. The highest BCUT2D eigenvalue weighted by Gasteiger charge is 2.20. The van der Waals surface area contributed by atoms with E-state index in [2.05, 4.69) is 167 Å². The Labute approximate surface area is 292 Å². The van der Waals surface area contributed by atoms with Crippen molar-refractivity contribution < 1.29 is 0 Å². The summed E-state index contributed by atoms with van der Waals surface area (Å²) in [6.07, 6.45) is 9.70. The van der Waals surface area contributed by atoms with Crippen molar-refractivity contribution in [1.82, 2.24) is 0 Å². The maximum atomic E-state index is 2.51. The zero-order valence-corrected chi connectivity index (χ0v) is 30.1. The molecule has 0 N–H and O–H groups in total. The molecule has 49 heavy (non-hydrogen) atoms. The van der Waals surface area contributed by atoms with Crippen LogP contribution in [0, 0.1) is 11.8 Å². The lowest BCUT2D eigenvalue weighted by Gasteiger charge is -2.23. The van der Waals surface area contributed by atoms with Gasteiger partial charge in [0.1, 0.15) is 0 Å². The third-order valence-electron chi connectivity index (χ3n) is 10.1. The molecule has 0 amide bonds. The molecule has 1 aliphatic carbocycles. The molecule has 1 heteroatoms. The molecule has 7 aromatic carbocycles. The molecule has 7 aromatic rings. The van der Waals surface area contributed by atoms with Gasteiger partial charge >= 0.3 is 0 Å². The first-order valence-corrected chi connectivity index (χ1v) is 19.8. The van der Waals surface area contributed by atoms with Gasteiger partial charge < -0.3 is 0 Å². The highest BCUT2D eigenvalue weighted by Crippen LogP contribution is 2.42. The van der Waals surface area contributed by atoms with Crippen molar-refractivity contribution in [2.45, 2.75) is 40.5 Å². The van der Waals surface area contributed by atoms with Crippen molar-refractivity contribution >= 4 is 57.7 Å². The summed E-state index contributed by atoms with van der Waals surface area (Å²) in [5.41, 5.74) is 7.98. The molecule has 0 aromatic heterocycles. The second-order valence-electron chi connectivity index (χ2n) is 14.6. The standard InChI is InChI=1S/C48H45P/c1-32(2)30-49(31-33(3)4)38-19-11-18-36(28-38)37-26-27-45-46(29-37)48(42-25-13-17-35-15-6-8-21-40(35)42)44-23-10-9-22-43(44)47(45)41-24-12-16-34-14-5-7-20-39(34)41/h5-8,11-29,32-33H,9-10,30-31H2,1-4H3. The van der Waals surface area contributed by atoms with Crippen LogP contribution in [-0.4, -0.2) is 12.3 Å². The first-order chi connectivity index (χ1) is 24.0. The van der Waals surface area contributed by atoms with Gasteiger partial charge in [-0.05, 0) is 131 Å². The van der Waals surface area contributed by atoms with E-state index in [4.69, 9.17) is 0 Å². The Kier molecular flexibility index (Phi) is 8.69. The first kappa shape index (κ1) is 31.7. The van der Waals surface area contributed by atoms with Crippen LogP contribution < -0.4 is 15.7 Å². The van der Waals surface area contributed by atoms with Crippen molar-refractivity contribution in [2.24, 2.45) is 11.8 Å². The molecular formula is C48H45P. The molecule has 0 aliphatic heterocycles. The number of benzene rings is 7. The molecule has 0 fully saturated rings. The van der Waals surface area contributed by atoms with Gasteiger partial charge in [-0.25, -0.2) is 0 Å². The molecule has 242 valence electrons. The molecule has 0 atom stereocenters. The smallest absolute Gasteiger partial charge is 0.00232 e. The third kappa shape index (κ3) is 6.02. The van der Waals surface area contributed by atoms with Crippen molar-refractivity contribution in [2.75, 3.05) is 12.3 Å². The lowest BCUT2D eigenvalue weighted by Crippen LogP contribution is -2.31. The van der Waals surface area contributed by atoms with Gasteiger partial charge in [-0.2, -0.15) is 0 Å². The van der Waals surface area contributed by atoms with Crippen LogP contribution >= 0.6 is 7.92 Å². The fourth-order valence-electron chi connectivity index (χ4n) is 8.10. The van der Waals surface area contributed by atoms with Crippen molar-refractivity contribution in [3.8, 4) is 33.4 Å². The zero-order valence-electron chi connectivity index (χ0n) is 29.2. The average Bonchev–Trinajstić information content (AvgIpc) is 3.13. The summed E-state index contributed by atoms with van der Waals surface area (Å²) in [5.74, 6) is 1.40. The second kappa shape index (κ2) is 13.4. The van der Waals surface area contributed by atoms with Gasteiger partial charge in [0.2, 0.25) is 0 Å². The van der Waals surface area contributed by atoms with Gasteiger partial charge in [0.05, 0.1) is 0 Å². The SMILES string of the molecule is CC(C)CP(CC(C)C)c1cccc(-c2ccc3c(-c4cccc5ccccc45)c4c(c(-c5cccc6ccccc56)c3c2)=CCCC=4)c1. The van der Waals surface area contributed by atoms with E-state index in [-0.39, 0.29) is 7.92 Å². The van der Waals surface area contributed by atoms with Gasteiger partial charge in [0.15, 0.2) is 0 Å². The number of hydrogen-bond donors (Lipinski definition) is 0. The van der Waals surface area contributed by atoms with E-state index in [1.165, 1.54) is 93.8 Å². The molecule has 0 saturated carbocycles. The molecule has 0 bridgehead atoms. The van der Waals surface area contributed by atoms with Crippen LogP contribution in [0.2, 0.25) is 0 Å². The van der Waals surface area contributed by atoms with E-state index in [9.17, 15) is 0 Å². The topological polar surface area (TPSA) is 0 Å². The van der Waals surface area contributed by atoms with Crippen LogP contribution in [0.4, 0.5) is 0 Å². The number of hydrogen-bond acceptors (Lipinski definition) is 0. The predicted octanol–water partition coefficient (Wildman–Crippen LogP) is 11.9. The van der Waals surface area contributed by atoms with E-state index in [1.54, 1.807) is 0 Å². The molecule has 0 nitrogen and oxygen atoms in total. The Balaban J connectivity index is 1.45. The van der Waals surface area contributed by atoms with E-state index in [0.29, 0.717) is 11.8 Å². The van der Waals surface area contributed by atoms with Gasteiger partial charge in [0.25, 0.3) is 0 Å². The normalized spacial score (nSPS) is 13.0. The van der Waals surface area contributed by atoms with Crippen LogP contribution in [0.3, 0.4) is 0 Å². The predicted molar refractivity (Wildman–Crippen MR) is 219 cm³/mol. The van der Waals surface area contributed by atoms with Crippen molar-refractivity contribution in [3.05, 3.63) is 138 Å². The fourth-order valence-corrected chi connectivity index (χ4v) is 11.1. The van der Waals surface area contributed by atoms with E-state index in [0.717, 1.165) is 12.8 Å². The minimum atomic E-state index is -0.207. The maximum Gasteiger partial charge on any atom is -0.00232 e. The summed E-state index contributed by atoms with van der Waals surface area (Å²) < 4.78 is 0. The van der Waals surface area contributed by atoms with Crippen molar-refractivity contribution in [3.63, 3.8) is 0 Å². The van der Waals surface area contributed by atoms with Gasteiger partial charge in [0, 0.05) is 0 Å². The Morgan fingerprint density at radius 3 is 1.57 bits per heavy atom. The maximum absolute atomic E-state index is 2.51. The van der Waals surface area contributed by atoms with Gasteiger partial charge in [-0.15, -0.1) is 0 Å². The zero-order chi connectivity index (χ0) is 33.5. The number of rotatable bonds is 8. The molecule has 0 spiro atoms. The largest absolute Gasteiger partial charge is 0.0757 e. The molecule has 1 aliphatic rings. The summed E-state index contributed by atoms with van der Waals surface area (Å²) in [6, 6.07) is 48.2. The molecule has 0 unspecified atom stereocenters. The Morgan fingerprint density at radius 2 is 0.980 bits per heavy atom. The number of fused-ring (bicyclic) bond motifs is 4. The fraction of sp³-hybridized carbons (Fsp3) is 0.208. The van der Waals surface area contributed by atoms with Crippen LogP contribution in [-0.2, 0) is 0 Å². The third-order valence-corrected chi connectivity index (χ3v) is 13.4. The summed E-state index contributed by atoms with van der Waals surface area (Å²) in [4.78, 5) is 0.